The number of allylic oxidation sites excluding steroid dienone is 4. The van der Waals surface area contributed by atoms with Crippen LogP contribution in [-0.2, 0) is 5.41 Å². The van der Waals surface area contributed by atoms with Crippen LogP contribution in [-0.4, -0.2) is 19.3 Å². The van der Waals surface area contributed by atoms with Crippen molar-refractivity contribution < 1.29 is 4.74 Å². The molecule has 226 valence electrons. The van der Waals surface area contributed by atoms with Crippen LogP contribution >= 0.6 is 0 Å². The Labute approximate surface area is 265 Å². The van der Waals surface area contributed by atoms with E-state index in [-0.39, 0.29) is 5.41 Å². The maximum Gasteiger partial charge on any atom is 0.137 e. The van der Waals surface area contributed by atoms with Gasteiger partial charge in [-0.15, -0.1) is 0 Å². The van der Waals surface area contributed by atoms with Gasteiger partial charge >= 0.3 is 0 Å². The van der Waals surface area contributed by atoms with Crippen LogP contribution < -0.4 is 4.74 Å². The Morgan fingerprint density at radius 3 is 2.36 bits per heavy atom. The molecule has 3 aromatic heterocycles. The van der Waals surface area contributed by atoms with Gasteiger partial charge in [-0.3, -0.25) is 4.57 Å². The minimum absolute atomic E-state index is 0.0175. The first-order valence-corrected chi connectivity index (χ1v) is 15.8. The van der Waals surface area contributed by atoms with Gasteiger partial charge in [-0.25, -0.2) is 9.67 Å². The monoisotopic (exact) mass is 592 g/mol. The fraction of sp³-hybridized carbons (Fsp3) is 0.250. The molecule has 3 aromatic carbocycles. The van der Waals surface area contributed by atoms with Crippen molar-refractivity contribution in [2.24, 2.45) is 0 Å². The normalized spacial score (nSPS) is 14.0. The lowest BCUT2D eigenvalue weighted by Crippen LogP contribution is -2.12. The summed E-state index contributed by atoms with van der Waals surface area (Å²) in [5.41, 5.74) is 12.0. The zero-order valence-corrected chi connectivity index (χ0v) is 27.3. The van der Waals surface area contributed by atoms with Crippen molar-refractivity contribution >= 4 is 27.4 Å². The van der Waals surface area contributed by atoms with Gasteiger partial charge in [0.25, 0.3) is 0 Å². The van der Waals surface area contributed by atoms with Crippen molar-refractivity contribution in [3.8, 4) is 23.0 Å². The number of pyridine rings is 1. The quantitative estimate of drug-likeness (QED) is 0.200. The molecule has 3 heterocycles. The van der Waals surface area contributed by atoms with E-state index in [4.69, 9.17) is 14.8 Å². The average Bonchev–Trinajstić information content (AvgIpc) is 3.50. The maximum absolute atomic E-state index is 6.55. The van der Waals surface area contributed by atoms with Gasteiger partial charge < -0.3 is 4.74 Å². The van der Waals surface area contributed by atoms with Crippen molar-refractivity contribution in [1.29, 1.82) is 0 Å². The lowest BCUT2D eigenvalue weighted by atomic mass is 9.87. The molecular formula is C40H40N4O. The molecule has 0 saturated heterocycles. The lowest BCUT2D eigenvalue weighted by Gasteiger charge is -2.20. The predicted octanol–water partition coefficient (Wildman–Crippen LogP) is 10.6. The summed E-state index contributed by atoms with van der Waals surface area (Å²) in [6.45, 7) is 15.5. The zero-order chi connectivity index (χ0) is 31.5. The van der Waals surface area contributed by atoms with Gasteiger partial charge in [0.2, 0.25) is 0 Å². The fourth-order valence-electron chi connectivity index (χ4n) is 6.82. The number of benzene rings is 3. The summed E-state index contributed by atoms with van der Waals surface area (Å²) < 4.78 is 10.8. The summed E-state index contributed by atoms with van der Waals surface area (Å²) in [5, 5.41) is 7.36. The van der Waals surface area contributed by atoms with Crippen LogP contribution in [0.4, 0.5) is 0 Å². The Morgan fingerprint density at radius 1 is 0.778 bits per heavy atom. The van der Waals surface area contributed by atoms with Gasteiger partial charge in [0.05, 0.1) is 22.4 Å². The first kappa shape index (κ1) is 28.8. The maximum atomic E-state index is 6.55. The molecule has 45 heavy (non-hydrogen) atoms. The minimum Gasteiger partial charge on any atom is -0.457 e. The number of rotatable bonds is 5. The number of aryl methyl sites for hydroxylation is 1. The third-order valence-corrected chi connectivity index (χ3v) is 9.12. The predicted molar refractivity (Wildman–Crippen MR) is 186 cm³/mol. The van der Waals surface area contributed by atoms with E-state index >= 15 is 0 Å². The first-order valence-electron chi connectivity index (χ1n) is 15.8. The van der Waals surface area contributed by atoms with Crippen LogP contribution in [0.5, 0.6) is 11.5 Å². The second-order valence-corrected chi connectivity index (χ2v) is 13.3. The third kappa shape index (κ3) is 5.06. The molecule has 7 rings (SSSR count). The van der Waals surface area contributed by atoms with E-state index in [1.165, 1.54) is 38.6 Å². The molecule has 5 nitrogen and oxygen atoms in total. The third-order valence-electron chi connectivity index (χ3n) is 9.12. The minimum atomic E-state index is 0.0175. The zero-order valence-electron chi connectivity index (χ0n) is 27.3. The Balaban J connectivity index is 1.28. The number of para-hydroxylation sites is 1. The van der Waals surface area contributed by atoms with Crippen LogP contribution in [0.2, 0.25) is 0 Å². The van der Waals surface area contributed by atoms with Crippen LogP contribution in [0.25, 0.3) is 38.9 Å². The molecule has 0 fully saturated rings. The smallest absolute Gasteiger partial charge is 0.137 e. The highest BCUT2D eigenvalue weighted by atomic mass is 16.5. The molecule has 1 aliphatic carbocycles. The summed E-state index contributed by atoms with van der Waals surface area (Å²) in [6.07, 6.45) is 6.47. The molecule has 0 unspecified atom stereocenters. The Bertz CT molecular complexity index is 2170. The number of nitrogens with zero attached hydrogens (tertiary/aromatic N) is 4. The summed E-state index contributed by atoms with van der Waals surface area (Å²) in [7, 11) is 0. The van der Waals surface area contributed by atoms with Gasteiger partial charge in [0.1, 0.15) is 17.3 Å². The summed E-state index contributed by atoms with van der Waals surface area (Å²) in [4.78, 5) is 4.82. The molecule has 0 atom stereocenters. The molecule has 0 bridgehead atoms. The average molecular weight is 593 g/mol. The van der Waals surface area contributed by atoms with Crippen LogP contribution in [0.15, 0.2) is 102 Å². The van der Waals surface area contributed by atoms with Crippen molar-refractivity contribution in [1.82, 2.24) is 19.3 Å². The van der Waals surface area contributed by atoms with E-state index in [1.807, 2.05) is 18.3 Å². The second-order valence-electron chi connectivity index (χ2n) is 13.3. The van der Waals surface area contributed by atoms with Crippen LogP contribution in [0, 0.1) is 13.8 Å². The lowest BCUT2D eigenvalue weighted by molar-refractivity contribution is 0.482. The summed E-state index contributed by atoms with van der Waals surface area (Å²) >= 11 is 0. The number of hydrogen-bond acceptors (Lipinski definition) is 3. The Kier molecular flexibility index (Phi) is 7.00. The summed E-state index contributed by atoms with van der Waals surface area (Å²) in [5.74, 6) is 2.44. The number of hydrogen-bond donors (Lipinski definition) is 0. The molecule has 5 heteroatoms. The van der Waals surface area contributed by atoms with Crippen molar-refractivity contribution in [3.05, 3.63) is 125 Å². The number of aromatic nitrogens is 4. The van der Waals surface area contributed by atoms with E-state index in [9.17, 15) is 0 Å². The van der Waals surface area contributed by atoms with Crippen molar-refractivity contribution in [3.63, 3.8) is 0 Å². The second kappa shape index (κ2) is 10.9. The van der Waals surface area contributed by atoms with Gasteiger partial charge in [0.15, 0.2) is 0 Å². The van der Waals surface area contributed by atoms with Crippen molar-refractivity contribution in [2.45, 2.75) is 66.7 Å². The van der Waals surface area contributed by atoms with E-state index in [0.29, 0.717) is 0 Å². The largest absolute Gasteiger partial charge is 0.457 e. The van der Waals surface area contributed by atoms with Crippen molar-refractivity contribution in [2.75, 3.05) is 0 Å². The summed E-state index contributed by atoms with van der Waals surface area (Å²) in [6, 6.07) is 27.4. The van der Waals surface area contributed by atoms with Crippen LogP contribution in [0.3, 0.4) is 0 Å². The molecule has 0 amide bonds. The molecule has 0 spiro atoms. The van der Waals surface area contributed by atoms with E-state index in [0.717, 1.165) is 58.3 Å². The van der Waals surface area contributed by atoms with Crippen LogP contribution in [0.1, 0.15) is 70.0 Å². The molecular weight excluding hydrogens is 552 g/mol. The highest BCUT2D eigenvalue weighted by Crippen LogP contribution is 2.38. The van der Waals surface area contributed by atoms with E-state index in [2.05, 4.69) is 131 Å². The fourth-order valence-corrected chi connectivity index (χ4v) is 6.82. The molecule has 1 aliphatic rings. The molecule has 0 saturated carbocycles. The van der Waals surface area contributed by atoms with E-state index in [1.54, 1.807) is 0 Å². The van der Waals surface area contributed by atoms with Gasteiger partial charge in [-0.2, -0.15) is 5.10 Å². The number of fused-ring (bicyclic) bond motifs is 3. The topological polar surface area (TPSA) is 44.9 Å². The molecule has 0 radical (unpaired) electrons. The van der Waals surface area contributed by atoms with E-state index < -0.39 is 0 Å². The highest BCUT2D eigenvalue weighted by Gasteiger charge is 2.22. The molecule has 6 aromatic rings. The first-order chi connectivity index (χ1) is 21.6. The van der Waals surface area contributed by atoms with Gasteiger partial charge in [-0.1, -0.05) is 56.7 Å². The van der Waals surface area contributed by atoms with Gasteiger partial charge in [0, 0.05) is 40.4 Å². The Hall–Kier alpha value is -4.90. The molecule has 0 aliphatic heterocycles. The Morgan fingerprint density at radius 2 is 1.56 bits per heavy atom. The number of ether oxygens (including phenoxy) is 1. The molecule has 0 N–H and O–H groups in total. The highest BCUT2D eigenvalue weighted by molar-refractivity contribution is 6.09. The SMILES string of the molecule is CC1=CCCC(C)=C1c1c(C)nn(-c2cccc(Oc3ccc4c5ccccc5n(-c5cc(C(C)(C)C)ccn5)c4c3)c2)c1C. The standard InChI is InChI=1S/C40H40N4O/c1-25-12-10-13-26(2)38(25)39-27(3)42-44(28(39)4)30-14-11-15-31(23-30)45-32-18-19-34-33-16-8-9-17-35(33)43(36(34)24-32)37-22-29(20-21-41-37)40(5,6)7/h8-9,11-12,14-24H,10,13H2,1-7H3. The van der Waals surface area contributed by atoms with Gasteiger partial charge in [-0.05, 0) is 105 Å².